The summed E-state index contributed by atoms with van der Waals surface area (Å²) in [5, 5.41) is 3.73. The van der Waals surface area contributed by atoms with Crippen LogP contribution in [0.1, 0.15) is 37.3 Å². The minimum atomic E-state index is -2.89. The second kappa shape index (κ2) is 10.6. The van der Waals surface area contributed by atoms with Gasteiger partial charge < -0.3 is 5.32 Å². The Morgan fingerprint density at radius 2 is 1.87 bits per heavy atom. The molecule has 1 aliphatic carbocycles. The average Bonchev–Trinajstić information content (AvgIpc) is 3.28. The molecular weight excluding hydrogens is 535 g/mol. The molecule has 1 aromatic heterocycles. The molecule has 12 heteroatoms. The van der Waals surface area contributed by atoms with Crippen molar-refractivity contribution < 1.29 is 27.6 Å². The fraction of sp³-hybridized carbons (Fsp3) is 0.296. The predicted molar refractivity (Wildman–Crippen MR) is 138 cm³/mol. The fourth-order valence-corrected chi connectivity index (χ4v) is 5.16. The summed E-state index contributed by atoms with van der Waals surface area (Å²) >= 11 is 6.47. The van der Waals surface area contributed by atoms with E-state index in [1.807, 2.05) is 0 Å². The summed E-state index contributed by atoms with van der Waals surface area (Å²) in [5.41, 5.74) is 0.200. The van der Waals surface area contributed by atoms with Crippen LogP contribution in [0.4, 0.5) is 24.7 Å². The van der Waals surface area contributed by atoms with Crippen LogP contribution < -0.4 is 15.2 Å². The molecule has 1 N–H and O–H groups in total. The quantitative estimate of drug-likeness (QED) is 0.304. The number of halogens is 4. The topological polar surface area (TPSA) is 85.6 Å². The molecule has 1 saturated heterocycles. The molecule has 8 nitrogen and oxygen atoms in total. The van der Waals surface area contributed by atoms with Gasteiger partial charge in [0.15, 0.2) is 6.04 Å². The van der Waals surface area contributed by atoms with E-state index in [0.29, 0.717) is 4.87 Å². The van der Waals surface area contributed by atoms with Gasteiger partial charge in [-0.3, -0.25) is 9.59 Å². The molecule has 3 aromatic rings. The first-order chi connectivity index (χ1) is 18.6. The number of hydrogen-bond acceptors (Lipinski definition) is 4. The van der Waals surface area contributed by atoms with Crippen molar-refractivity contribution in [1.82, 2.24) is 10.3 Å². The summed E-state index contributed by atoms with van der Waals surface area (Å²) in [6.45, 7) is 0. The molecule has 2 aliphatic rings. The summed E-state index contributed by atoms with van der Waals surface area (Å²) in [6.07, 6.45) is -0.611. The van der Waals surface area contributed by atoms with Gasteiger partial charge in [-0.25, -0.2) is 23.1 Å². The zero-order valence-electron chi connectivity index (χ0n) is 20.5. The molecule has 1 aliphatic heterocycles. The van der Waals surface area contributed by atoms with Crippen LogP contribution in [0.5, 0.6) is 0 Å². The Labute approximate surface area is 226 Å². The molecule has 0 spiro atoms. The summed E-state index contributed by atoms with van der Waals surface area (Å²) in [6, 6.07) is 14.0. The molecule has 5 rings (SSSR count). The Bertz CT molecular complexity index is 1400. The maximum Gasteiger partial charge on any atom is 0.317 e. The number of aromatic nitrogens is 1. The third-order valence-corrected chi connectivity index (χ3v) is 7.09. The Hall–Kier alpha value is -3.99. The summed E-state index contributed by atoms with van der Waals surface area (Å²) in [5.74, 6) is -4.46. The van der Waals surface area contributed by atoms with Gasteiger partial charge >= 0.3 is 6.17 Å². The summed E-state index contributed by atoms with van der Waals surface area (Å²) in [4.78, 5) is 46.7. The van der Waals surface area contributed by atoms with Crippen LogP contribution >= 0.6 is 11.6 Å². The normalized spacial score (nSPS) is 19.3. The maximum absolute atomic E-state index is 14.4. The van der Waals surface area contributed by atoms with Crippen molar-refractivity contribution in [1.29, 1.82) is 0 Å². The lowest BCUT2D eigenvalue weighted by Gasteiger charge is -2.37. The monoisotopic (exact) mass is 558 g/mol. The summed E-state index contributed by atoms with van der Waals surface area (Å²) < 4.78 is 41.5. The third kappa shape index (κ3) is 5.44. The van der Waals surface area contributed by atoms with E-state index < -0.39 is 48.7 Å². The highest BCUT2D eigenvalue weighted by atomic mass is 35.5. The van der Waals surface area contributed by atoms with E-state index in [1.54, 1.807) is 30.3 Å². The Morgan fingerprint density at radius 3 is 2.54 bits per heavy atom. The van der Waals surface area contributed by atoms with Crippen LogP contribution in [0, 0.1) is 10.7 Å². The van der Waals surface area contributed by atoms with Gasteiger partial charge in [0, 0.05) is 54.6 Å². The van der Waals surface area contributed by atoms with Crippen molar-refractivity contribution in [2.45, 2.75) is 49.9 Å². The first-order valence-corrected chi connectivity index (χ1v) is 12.7. The number of alkyl halides is 2. The minimum Gasteiger partial charge on any atom is -0.351 e. The summed E-state index contributed by atoms with van der Waals surface area (Å²) in [7, 11) is 0. The molecule has 202 valence electrons. The number of carbonyl (C=O) groups excluding carboxylic acids is 2. The van der Waals surface area contributed by atoms with E-state index in [-0.39, 0.29) is 40.8 Å². The number of nitrogens with one attached hydrogen (secondary N) is 1. The number of carbonyl (C=O) groups is 2. The number of amides is 2. The lowest BCUT2D eigenvalue weighted by Crippen LogP contribution is -2.56. The number of pyridine rings is 1. The number of benzene rings is 2. The second-order valence-corrected chi connectivity index (χ2v) is 9.90. The molecule has 0 bridgehead atoms. The van der Waals surface area contributed by atoms with Gasteiger partial charge in [-0.15, -0.1) is 0 Å². The first kappa shape index (κ1) is 26.6. The van der Waals surface area contributed by atoms with Gasteiger partial charge in [0.25, 0.3) is 11.8 Å². The molecule has 2 fully saturated rings. The van der Waals surface area contributed by atoms with E-state index in [0.717, 1.165) is 11.1 Å². The second-order valence-electron chi connectivity index (χ2n) is 9.49. The molecule has 2 heterocycles. The molecule has 2 aromatic carbocycles. The number of anilines is 2. The maximum atomic E-state index is 14.4. The number of hydrazine groups is 1. The van der Waals surface area contributed by atoms with Crippen LogP contribution in [0.2, 0.25) is 5.02 Å². The molecule has 2 atom stereocenters. The van der Waals surface area contributed by atoms with Crippen LogP contribution in [0.15, 0.2) is 72.9 Å². The van der Waals surface area contributed by atoms with E-state index in [9.17, 15) is 27.7 Å². The molecule has 0 radical (unpaired) electrons. The largest absolute Gasteiger partial charge is 0.351 e. The van der Waals surface area contributed by atoms with Gasteiger partial charge in [0.05, 0.1) is 4.91 Å². The highest BCUT2D eigenvalue weighted by Crippen LogP contribution is 2.39. The van der Waals surface area contributed by atoms with E-state index in [1.165, 1.54) is 41.4 Å². The molecule has 1 saturated carbocycles. The van der Waals surface area contributed by atoms with Crippen LogP contribution in [0.3, 0.4) is 0 Å². The standard InChI is InChI=1S/C27H23ClF3N5O3/c28-21-9-2-1-8-20(21)25(26(38)33-18-15-27(30,31)16-18)35(19-7-5-6-17(29)14-19)36(39)23-11-12-24(37)34(23)22-10-3-4-13-32-22/h1-10,13-14,18,23,25H,11-12,15-16H2/p+1/t23-,25?/m1/s1. The van der Waals surface area contributed by atoms with Gasteiger partial charge in [0.1, 0.15) is 22.2 Å². The fourth-order valence-electron chi connectivity index (χ4n) is 4.92. The molecular formula is C27H24ClF3N5O3+. The highest BCUT2D eigenvalue weighted by molar-refractivity contribution is 6.31. The number of rotatable bonds is 8. The van der Waals surface area contributed by atoms with Crippen molar-refractivity contribution >= 4 is 34.9 Å². The number of hydrogen-bond donors (Lipinski definition) is 1. The average molecular weight is 559 g/mol. The smallest absolute Gasteiger partial charge is 0.317 e. The predicted octanol–water partition coefficient (Wildman–Crippen LogP) is 5.18. The van der Waals surface area contributed by atoms with E-state index in [2.05, 4.69) is 10.3 Å². The van der Waals surface area contributed by atoms with Gasteiger partial charge in [-0.05, 0) is 30.3 Å². The molecule has 1 unspecified atom stereocenters. The van der Waals surface area contributed by atoms with Crippen molar-refractivity contribution in [2.24, 2.45) is 0 Å². The van der Waals surface area contributed by atoms with Crippen LogP contribution in [-0.4, -0.2) is 39.8 Å². The van der Waals surface area contributed by atoms with E-state index >= 15 is 0 Å². The van der Waals surface area contributed by atoms with Gasteiger partial charge in [-0.2, -0.15) is 0 Å². The Morgan fingerprint density at radius 1 is 1.13 bits per heavy atom. The Kier molecular flexibility index (Phi) is 7.26. The molecule has 2 amide bonds. The minimum absolute atomic E-state index is 0.00401. The lowest BCUT2D eigenvalue weighted by molar-refractivity contribution is -0.598. The third-order valence-electron chi connectivity index (χ3n) is 6.75. The lowest BCUT2D eigenvalue weighted by atomic mass is 9.88. The van der Waals surface area contributed by atoms with Crippen molar-refractivity contribution in [2.75, 3.05) is 9.91 Å². The van der Waals surface area contributed by atoms with E-state index in [4.69, 9.17) is 11.6 Å². The van der Waals surface area contributed by atoms with Gasteiger partial charge in [0.2, 0.25) is 5.91 Å². The molecule has 39 heavy (non-hydrogen) atoms. The van der Waals surface area contributed by atoms with Gasteiger partial charge in [-0.1, -0.05) is 46.9 Å². The van der Waals surface area contributed by atoms with Crippen molar-refractivity contribution in [3.63, 3.8) is 0 Å². The first-order valence-electron chi connectivity index (χ1n) is 12.3. The zero-order valence-corrected chi connectivity index (χ0v) is 21.3. The SMILES string of the molecule is O=C(NC1CC(F)(F)C1)C(c1ccccc1Cl)N(c1cccc(F)c1)[N+](=O)[C@@H]1CCC(=O)N1c1ccccn1. The number of nitroso groups, excluding NO2 is 1. The Balaban J connectivity index is 1.60. The van der Waals surface area contributed by atoms with Crippen LogP contribution in [0.25, 0.3) is 0 Å². The number of nitrogens with zero attached hydrogens (tertiary/aromatic N) is 4. The van der Waals surface area contributed by atoms with Crippen LogP contribution in [-0.2, 0) is 9.59 Å². The highest BCUT2D eigenvalue weighted by Gasteiger charge is 2.52. The van der Waals surface area contributed by atoms with Crippen molar-refractivity contribution in [3.8, 4) is 0 Å². The van der Waals surface area contributed by atoms with Crippen molar-refractivity contribution in [3.05, 3.63) is 94.2 Å². The zero-order chi connectivity index (χ0) is 27.7.